The summed E-state index contributed by atoms with van der Waals surface area (Å²) in [5.74, 6) is -0.0274. The molecule has 0 unspecified atom stereocenters. The van der Waals surface area contributed by atoms with E-state index in [-0.39, 0.29) is 17.4 Å². The third kappa shape index (κ3) is 5.07. The molecule has 0 spiro atoms. The third-order valence-electron chi connectivity index (χ3n) is 4.57. The Hall–Kier alpha value is -3.29. The number of rotatable bonds is 7. The van der Waals surface area contributed by atoms with Crippen LogP contribution >= 0.6 is 23.4 Å². The summed E-state index contributed by atoms with van der Waals surface area (Å²) < 4.78 is 2.06. The molecule has 0 aliphatic heterocycles. The Balaban J connectivity index is 1.47. The molecule has 31 heavy (non-hydrogen) atoms. The van der Waals surface area contributed by atoms with Gasteiger partial charge in [0, 0.05) is 10.6 Å². The van der Waals surface area contributed by atoms with E-state index in [1.54, 1.807) is 24.3 Å². The molecule has 0 saturated heterocycles. The van der Waals surface area contributed by atoms with E-state index in [0.717, 1.165) is 21.8 Å². The summed E-state index contributed by atoms with van der Waals surface area (Å²) >= 11 is 7.68. The molecular weight excluding hydrogens is 432 g/mol. The number of carbonyl (C=O) groups is 1. The molecule has 0 saturated carbocycles. The van der Waals surface area contributed by atoms with Crippen LogP contribution in [-0.2, 0) is 11.3 Å². The fourth-order valence-electron chi connectivity index (χ4n) is 3.05. The quantitative estimate of drug-likeness (QED) is 0.243. The maximum absolute atomic E-state index is 12.3. The SMILES string of the molecule is O=C(CSc1nc2ccccc2n1Cc1ccccc1Cl)N/N=C/c1ccccc1O. The number of hydrogen-bond acceptors (Lipinski definition) is 5. The van der Waals surface area contributed by atoms with E-state index in [1.165, 1.54) is 18.0 Å². The van der Waals surface area contributed by atoms with Crippen molar-refractivity contribution in [1.82, 2.24) is 15.0 Å². The number of nitrogens with zero attached hydrogens (tertiary/aromatic N) is 3. The Morgan fingerprint density at radius 1 is 1.10 bits per heavy atom. The highest BCUT2D eigenvalue weighted by Crippen LogP contribution is 2.27. The summed E-state index contributed by atoms with van der Waals surface area (Å²) in [6.07, 6.45) is 1.41. The molecule has 8 heteroatoms. The van der Waals surface area contributed by atoms with E-state index in [4.69, 9.17) is 11.6 Å². The van der Waals surface area contributed by atoms with Gasteiger partial charge in [0.1, 0.15) is 5.75 Å². The highest BCUT2D eigenvalue weighted by Gasteiger charge is 2.14. The van der Waals surface area contributed by atoms with E-state index in [9.17, 15) is 9.90 Å². The van der Waals surface area contributed by atoms with Gasteiger partial charge in [-0.3, -0.25) is 4.79 Å². The molecule has 3 aromatic carbocycles. The second-order valence-electron chi connectivity index (χ2n) is 6.70. The van der Waals surface area contributed by atoms with Gasteiger partial charge in [-0.2, -0.15) is 5.10 Å². The number of aromatic hydroxyl groups is 1. The Labute approximate surface area is 188 Å². The highest BCUT2D eigenvalue weighted by molar-refractivity contribution is 7.99. The lowest BCUT2D eigenvalue weighted by molar-refractivity contribution is -0.118. The summed E-state index contributed by atoms with van der Waals surface area (Å²) in [5, 5.41) is 15.1. The van der Waals surface area contributed by atoms with E-state index in [2.05, 4.69) is 20.1 Å². The summed E-state index contributed by atoms with van der Waals surface area (Å²) in [5.41, 5.74) is 5.82. The van der Waals surface area contributed by atoms with Gasteiger partial charge in [0.15, 0.2) is 5.16 Å². The molecule has 0 aliphatic rings. The Morgan fingerprint density at radius 3 is 2.68 bits per heavy atom. The maximum atomic E-state index is 12.3. The van der Waals surface area contributed by atoms with Gasteiger partial charge in [-0.1, -0.05) is 65.8 Å². The van der Waals surface area contributed by atoms with Gasteiger partial charge < -0.3 is 9.67 Å². The zero-order valence-electron chi connectivity index (χ0n) is 16.4. The minimum Gasteiger partial charge on any atom is -0.507 e. The molecule has 0 bridgehead atoms. The summed E-state index contributed by atoms with van der Waals surface area (Å²) in [6.45, 7) is 0.551. The van der Waals surface area contributed by atoms with Crippen molar-refractivity contribution in [3.63, 3.8) is 0 Å². The van der Waals surface area contributed by atoms with Crippen molar-refractivity contribution >= 4 is 46.5 Å². The van der Waals surface area contributed by atoms with Crippen molar-refractivity contribution in [3.8, 4) is 5.75 Å². The fourth-order valence-corrected chi connectivity index (χ4v) is 4.05. The second kappa shape index (κ2) is 9.68. The topological polar surface area (TPSA) is 79.5 Å². The van der Waals surface area contributed by atoms with Gasteiger partial charge in [0.05, 0.1) is 29.5 Å². The molecule has 0 aliphatic carbocycles. The molecule has 156 valence electrons. The number of halogens is 1. The number of phenols is 1. The predicted octanol–water partition coefficient (Wildman–Crippen LogP) is 4.69. The first-order valence-corrected chi connectivity index (χ1v) is 10.9. The maximum Gasteiger partial charge on any atom is 0.250 e. The molecule has 1 heterocycles. The van der Waals surface area contributed by atoms with Crippen LogP contribution in [-0.4, -0.2) is 32.5 Å². The van der Waals surface area contributed by atoms with Gasteiger partial charge in [-0.25, -0.2) is 10.4 Å². The summed E-state index contributed by atoms with van der Waals surface area (Å²) in [6, 6.07) is 22.3. The van der Waals surface area contributed by atoms with E-state index in [0.29, 0.717) is 17.1 Å². The van der Waals surface area contributed by atoms with E-state index >= 15 is 0 Å². The lowest BCUT2D eigenvalue weighted by Crippen LogP contribution is -2.20. The second-order valence-corrected chi connectivity index (χ2v) is 8.05. The molecule has 0 radical (unpaired) electrons. The van der Waals surface area contributed by atoms with Gasteiger partial charge in [0.2, 0.25) is 0 Å². The normalized spacial score (nSPS) is 11.3. The average Bonchev–Trinajstić information content (AvgIpc) is 3.13. The van der Waals surface area contributed by atoms with Crippen molar-refractivity contribution in [2.45, 2.75) is 11.7 Å². The van der Waals surface area contributed by atoms with Crippen LogP contribution in [0.2, 0.25) is 5.02 Å². The molecule has 1 aromatic heterocycles. The van der Waals surface area contributed by atoms with Crippen LogP contribution < -0.4 is 5.43 Å². The number of hydrazone groups is 1. The number of imidazole rings is 1. The Bertz CT molecular complexity index is 1260. The molecule has 4 aromatic rings. The first kappa shape index (κ1) is 21.0. The number of amides is 1. The van der Waals surface area contributed by atoms with Crippen molar-refractivity contribution in [2.24, 2.45) is 5.10 Å². The minimum atomic E-state index is -0.270. The van der Waals surface area contributed by atoms with Crippen LogP contribution in [0.3, 0.4) is 0 Å². The molecule has 2 N–H and O–H groups in total. The zero-order valence-corrected chi connectivity index (χ0v) is 18.0. The van der Waals surface area contributed by atoms with Crippen LogP contribution in [0.5, 0.6) is 5.75 Å². The number of para-hydroxylation sites is 3. The fraction of sp³-hybridized carbons (Fsp3) is 0.0870. The van der Waals surface area contributed by atoms with Crippen molar-refractivity contribution in [1.29, 1.82) is 0 Å². The standard InChI is InChI=1S/C23H19ClN4O2S/c24-18-9-3-1-8-17(18)14-28-20-11-5-4-10-19(20)26-23(28)31-15-22(30)27-25-13-16-7-2-6-12-21(16)29/h1-13,29H,14-15H2,(H,27,30)/b25-13+. The zero-order chi connectivity index (χ0) is 21.6. The smallest absolute Gasteiger partial charge is 0.250 e. The summed E-state index contributed by atoms with van der Waals surface area (Å²) in [4.78, 5) is 16.9. The first-order chi connectivity index (χ1) is 15.1. The number of thioether (sulfide) groups is 1. The number of benzene rings is 3. The van der Waals surface area contributed by atoms with Crippen molar-refractivity contribution in [2.75, 3.05) is 5.75 Å². The molecule has 1 amide bonds. The van der Waals surface area contributed by atoms with Crippen LogP contribution in [0.25, 0.3) is 11.0 Å². The minimum absolute atomic E-state index is 0.100. The molecule has 6 nitrogen and oxygen atoms in total. The van der Waals surface area contributed by atoms with Gasteiger partial charge in [0.25, 0.3) is 5.91 Å². The van der Waals surface area contributed by atoms with Gasteiger partial charge >= 0.3 is 0 Å². The van der Waals surface area contributed by atoms with E-state index < -0.39 is 0 Å². The monoisotopic (exact) mass is 450 g/mol. The number of carbonyl (C=O) groups excluding carboxylic acids is 1. The van der Waals surface area contributed by atoms with Crippen LogP contribution in [0.4, 0.5) is 0 Å². The van der Waals surface area contributed by atoms with Crippen LogP contribution in [0.1, 0.15) is 11.1 Å². The third-order valence-corrected chi connectivity index (χ3v) is 5.91. The number of nitrogens with one attached hydrogen (secondary N) is 1. The highest BCUT2D eigenvalue weighted by atomic mass is 35.5. The van der Waals surface area contributed by atoms with Crippen LogP contribution in [0, 0.1) is 0 Å². The number of aromatic nitrogens is 2. The van der Waals surface area contributed by atoms with Gasteiger partial charge in [-0.05, 0) is 35.9 Å². The predicted molar refractivity (Wildman–Crippen MR) is 125 cm³/mol. The Kier molecular flexibility index (Phi) is 6.54. The number of fused-ring (bicyclic) bond motifs is 1. The number of phenolic OH excluding ortho intramolecular Hbond substituents is 1. The molecule has 0 fully saturated rings. The lowest BCUT2D eigenvalue weighted by Gasteiger charge is -2.10. The largest absolute Gasteiger partial charge is 0.507 e. The van der Waals surface area contributed by atoms with E-state index in [1.807, 2.05) is 48.5 Å². The van der Waals surface area contributed by atoms with Crippen molar-refractivity contribution in [3.05, 3.63) is 88.9 Å². The Morgan fingerprint density at radius 2 is 1.84 bits per heavy atom. The van der Waals surface area contributed by atoms with Crippen molar-refractivity contribution < 1.29 is 9.90 Å². The first-order valence-electron chi connectivity index (χ1n) is 9.53. The number of hydrogen-bond donors (Lipinski definition) is 2. The molecular formula is C23H19ClN4O2S. The van der Waals surface area contributed by atoms with Gasteiger partial charge in [-0.15, -0.1) is 0 Å². The summed E-state index contributed by atoms with van der Waals surface area (Å²) in [7, 11) is 0. The average molecular weight is 451 g/mol. The molecule has 4 rings (SSSR count). The lowest BCUT2D eigenvalue weighted by atomic mass is 10.2. The van der Waals surface area contributed by atoms with Crippen LogP contribution in [0.15, 0.2) is 83.1 Å². The molecule has 0 atom stereocenters.